The lowest BCUT2D eigenvalue weighted by Crippen LogP contribution is -2.44. The monoisotopic (exact) mass is 254 g/mol. The minimum atomic E-state index is -1.42. The molecule has 1 rings (SSSR count). The molecule has 0 bridgehead atoms. The molecule has 0 radical (unpaired) electrons. The molecule has 0 aliphatic rings. The standard InChI is InChI=1S/C13H18O5/c1-13(18-4,11(14)12(15)17-3)9-6-5-7-10(8-9)16-2/h5-8,11,14H,1-4H3. The van der Waals surface area contributed by atoms with Crippen LogP contribution in [0.3, 0.4) is 0 Å². The van der Waals surface area contributed by atoms with Crippen LogP contribution in [-0.2, 0) is 19.9 Å². The molecule has 1 aromatic rings. The van der Waals surface area contributed by atoms with Crippen LogP contribution in [0.15, 0.2) is 24.3 Å². The van der Waals surface area contributed by atoms with Crippen molar-refractivity contribution in [2.45, 2.75) is 18.6 Å². The molecule has 0 heterocycles. The molecule has 0 saturated carbocycles. The van der Waals surface area contributed by atoms with Gasteiger partial charge in [-0.3, -0.25) is 0 Å². The van der Waals surface area contributed by atoms with Crippen LogP contribution in [0.5, 0.6) is 5.75 Å². The molecule has 1 N–H and O–H groups in total. The molecule has 0 aliphatic carbocycles. The molecule has 5 nitrogen and oxygen atoms in total. The van der Waals surface area contributed by atoms with Gasteiger partial charge in [0.2, 0.25) is 0 Å². The van der Waals surface area contributed by atoms with Crippen molar-refractivity contribution in [2.75, 3.05) is 21.3 Å². The van der Waals surface area contributed by atoms with E-state index in [4.69, 9.17) is 9.47 Å². The van der Waals surface area contributed by atoms with Crippen LogP contribution < -0.4 is 4.74 Å². The Bertz CT molecular complexity index is 418. The second-order valence-corrected chi connectivity index (χ2v) is 3.97. The maximum absolute atomic E-state index is 11.5. The van der Waals surface area contributed by atoms with Crippen LogP contribution in [0, 0.1) is 0 Å². The summed E-state index contributed by atoms with van der Waals surface area (Å²) < 4.78 is 14.9. The maximum atomic E-state index is 11.5. The molecule has 5 heteroatoms. The van der Waals surface area contributed by atoms with Gasteiger partial charge in [0.1, 0.15) is 11.4 Å². The minimum absolute atomic E-state index is 0.618. The molecule has 0 spiro atoms. The summed E-state index contributed by atoms with van der Waals surface area (Å²) in [6.45, 7) is 1.61. The van der Waals surface area contributed by atoms with E-state index >= 15 is 0 Å². The van der Waals surface area contributed by atoms with Crippen molar-refractivity contribution < 1.29 is 24.1 Å². The van der Waals surface area contributed by atoms with Crippen LogP contribution in [0.2, 0.25) is 0 Å². The van der Waals surface area contributed by atoms with E-state index in [1.807, 2.05) is 0 Å². The zero-order chi connectivity index (χ0) is 13.8. The molecule has 0 aliphatic heterocycles. The summed E-state index contributed by atoms with van der Waals surface area (Å²) >= 11 is 0. The molecule has 0 aromatic heterocycles. The number of esters is 1. The van der Waals surface area contributed by atoms with Gasteiger partial charge in [0.05, 0.1) is 14.2 Å². The van der Waals surface area contributed by atoms with E-state index in [0.717, 1.165) is 0 Å². The van der Waals surface area contributed by atoms with Crippen molar-refractivity contribution in [3.8, 4) is 5.75 Å². The van der Waals surface area contributed by atoms with Gasteiger partial charge in [-0.15, -0.1) is 0 Å². The Morgan fingerprint density at radius 3 is 2.50 bits per heavy atom. The average Bonchev–Trinajstić information content (AvgIpc) is 2.44. The molecule has 0 fully saturated rings. The minimum Gasteiger partial charge on any atom is -0.497 e. The topological polar surface area (TPSA) is 65.0 Å². The predicted molar refractivity (Wildman–Crippen MR) is 65.4 cm³/mol. The summed E-state index contributed by atoms with van der Waals surface area (Å²) in [7, 11) is 4.18. The fraction of sp³-hybridized carbons (Fsp3) is 0.462. The number of ether oxygens (including phenoxy) is 3. The van der Waals surface area contributed by atoms with Gasteiger partial charge in [-0.2, -0.15) is 0 Å². The molecule has 2 atom stereocenters. The summed E-state index contributed by atoms with van der Waals surface area (Å²) in [4.78, 5) is 11.5. The van der Waals surface area contributed by atoms with Gasteiger partial charge in [-0.05, 0) is 24.6 Å². The number of aliphatic hydroxyl groups is 1. The number of benzene rings is 1. The second-order valence-electron chi connectivity index (χ2n) is 3.97. The third-order valence-corrected chi connectivity index (χ3v) is 3.01. The molecule has 0 amide bonds. The molecule has 1 aromatic carbocycles. The van der Waals surface area contributed by atoms with Gasteiger partial charge >= 0.3 is 5.97 Å². The number of aliphatic hydroxyl groups excluding tert-OH is 1. The van der Waals surface area contributed by atoms with Crippen molar-refractivity contribution in [3.63, 3.8) is 0 Å². The van der Waals surface area contributed by atoms with Crippen molar-refractivity contribution >= 4 is 5.97 Å². The first-order chi connectivity index (χ1) is 8.49. The fourth-order valence-electron chi connectivity index (χ4n) is 1.66. The third-order valence-electron chi connectivity index (χ3n) is 3.01. The highest BCUT2D eigenvalue weighted by molar-refractivity contribution is 5.76. The normalized spacial score (nSPS) is 15.6. The Hall–Kier alpha value is -1.59. The largest absolute Gasteiger partial charge is 0.497 e. The first kappa shape index (κ1) is 14.5. The predicted octanol–water partition coefficient (Wildman–Crippen LogP) is 1.09. The number of methoxy groups -OCH3 is 3. The summed E-state index contributed by atoms with van der Waals surface area (Å²) in [5.74, 6) is -0.130. The third kappa shape index (κ3) is 2.63. The molecular formula is C13H18O5. The van der Waals surface area contributed by atoms with Gasteiger partial charge in [0.25, 0.3) is 0 Å². The highest BCUT2D eigenvalue weighted by atomic mass is 16.6. The van der Waals surface area contributed by atoms with E-state index in [1.165, 1.54) is 14.2 Å². The van der Waals surface area contributed by atoms with E-state index in [0.29, 0.717) is 11.3 Å². The van der Waals surface area contributed by atoms with Crippen molar-refractivity contribution in [1.29, 1.82) is 0 Å². The van der Waals surface area contributed by atoms with Crippen molar-refractivity contribution in [1.82, 2.24) is 0 Å². The summed E-state index contributed by atoms with van der Waals surface area (Å²) in [6, 6.07) is 6.98. The second kappa shape index (κ2) is 5.84. The van der Waals surface area contributed by atoms with Gasteiger partial charge in [0, 0.05) is 7.11 Å². The lowest BCUT2D eigenvalue weighted by molar-refractivity contribution is -0.170. The van der Waals surface area contributed by atoms with E-state index in [1.54, 1.807) is 38.3 Å². The maximum Gasteiger partial charge on any atom is 0.338 e. The van der Waals surface area contributed by atoms with Gasteiger partial charge in [-0.25, -0.2) is 4.79 Å². The Labute approximate surface area is 106 Å². The van der Waals surface area contributed by atoms with Crippen molar-refractivity contribution in [2.24, 2.45) is 0 Å². The Balaban J connectivity index is 3.17. The summed E-state index contributed by atoms with van der Waals surface area (Å²) in [5, 5.41) is 10.0. The number of carbonyl (C=O) groups excluding carboxylic acids is 1. The fourth-order valence-corrected chi connectivity index (χ4v) is 1.66. The van der Waals surface area contributed by atoms with E-state index in [2.05, 4.69) is 4.74 Å². The highest BCUT2D eigenvalue weighted by Gasteiger charge is 2.40. The zero-order valence-corrected chi connectivity index (χ0v) is 11.0. The average molecular weight is 254 g/mol. The lowest BCUT2D eigenvalue weighted by Gasteiger charge is -2.32. The summed E-state index contributed by atoms with van der Waals surface area (Å²) in [6.07, 6.45) is -1.42. The van der Waals surface area contributed by atoms with Crippen LogP contribution >= 0.6 is 0 Å². The first-order valence-electron chi connectivity index (χ1n) is 5.45. The smallest absolute Gasteiger partial charge is 0.338 e. The number of hydrogen-bond acceptors (Lipinski definition) is 5. The van der Waals surface area contributed by atoms with E-state index in [-0.39, 0.29) is 0 Å². The van der Waals surface area contributed by atoms with Crippen LogP contribution in [0.4, 0.5) is 0 Å². The first-order valence-corrected chi connectivity index (χ1v) is 5.45. The van der Waals surface area contributed by atoms with Crippen LogP contribution in [0.25, 0.3) is 0 Å². The zero-order valence-electron chi connectivity index (χ0n) is 11.0. The van der Waals surface area contributed by atoms with Gasteiger partial charge < -0.3 is 19.3 Å². The van der Waals surface area contributed by atoms with E-state index < -0.39 is 17.7 Å². The molecule has 18 heavy (non-hydrogen) atoms. The number of rotatable bonds is 5. The Morgan fingerprint density at radius 2 is 2.00 bits per heavy atom. The molecular weight excluding hydrogens is 236 g/mol. The molecule has 0 saturated heterocycles. The highest BCUT2D eigenvalue weighted by Crippen LogP contribution is 2.31. The lowest BCUT2D eigenvalue weighted by atomic mass is 9.89. The quantitative estimate of drug-likeness (QED) is 0.797. The van der Waals surface area contributed by atoms with Gasteiger partial charge in [-0.1, -0.05) is 12.1 Å². The number of hydrogen-bond donors (Lipinski definition) is 1. The summed E-state index contributed by atoms with van der Waals surface area (Å²) in [5.41, 5.74) is -0.566. The Morgan fingerprint density at radius 1 is 1.33 bits per heavy atom. The van der Waals surface area contributed by atoms with Gasteiger partial charge in [0.15, 0.2) is 6.10 Å². The SMILES string of the molecule is COC(=O)C(O)C(C)(OC)c1cccc(OC)c1. The van der Waals surface area contributed by atoms with Crippen LogP contribution in [-0.4, -0.2) is 38.5 Å². The van der Waals surface area contributed by atoms with Crippen molar-refractivity contribution in [3.05, 3.63) is 29.8 Å². The van der Waals surface area contributed by atoms with Crippen LogP contribution in [0.1, 0.15) is 12.5 Å². The molecule has 100 valence electrons. The number of carbonyl (C=O) groups is 1. The van der Waals surface area contributed by atoms with E-state index in [9.17, 15) is 9.90 Å². The Kier molecular flexibility index (Phi) is 4.69. The molecule has 2 unspecified atom stereocenters.